The molecule has 0 saturated carbocycles. The van der Waals surface area contributed by atoms with Crippen molar-refractivity contribution in [1.82, 2.24) is 19.5 Å². The van der Waals surface area contributed by atoms with Crippen molar-refractivity contribution >= 4 is 21.8 Å². The summed E-state index contributed by atoms with van der Waals surface area (Å²) >= 11 is 0. The van der Waals surface area contributed by atoms with Gasteiger partial charge in [-0.1, -0.05) is 60.7 Å². The van der Waals surface area contributed by atoms with Crippen LogP contribution in [0.2, 0.25) is 0 Å². The molecule has 2 heterocycles. The van der Waals surface area contributed by atoms with E-state index in [4.69, 9.17) is 0 Å². The number of aromatic nitrogens is 1. The van der Waals surface area contributed by atoms with E-state index in [9.17, 15) is 22.4 Å². The van der Waals surface area contributed by atoms with Crippen LogP contribution in [0.1, 0.15) is 41.5 Å². The Kier molecular flexibility index (Phi) is 10.7. The first-order valence-electron chi connectivity index (χ1n) is 15.1. The minimum Gasteiger partial charge on any atom is -0.350 e. The van der Waals surface area contributed by atoms with Gasteiger partial charge in [-0.25, -0.2) is 12.8 Å². The number of pyridine rings is 1. The quantitative estimate of drug-likeness (QED) is 0.227. The highest BCUT2D eigenvalue weighted by atomic mass is 32.2. The molecule has 1 aliphatic heterocycles. The number of carbonyl (C=O) groups is 2. The first kappa shape index (κ1) is 32.0. The third-order valence-corrected chi connectivity index (χ3v) is 9.89. The predicted octanol–water partition coefficient (Wildman–Crippen LogP) is 4.89. The van der Waals surface area contributed by atoms with Gasteiger partial charge in [0.2, 0.25) is 21.8 Å². The maximum Gasteiger partial charge on any atom is 0.243 e. The number of benzene rings is 3. The summed E-state index contributed by atoms with van der Waals surface area (Å²) < 4.78 is 41.1. The fraction of sp³-hybridized carbons (Fsp3) is 0.286. The minimum absolute atomic E-state index is 0.0978. The fourth-order valence-corrected chi connectivity index (χ4v) is 6.97. The molecule has 1 atom stereocenters. The molecular weight excluding hydrogens is 591 g/mol. The van der Waals surface area contributed by atoms with E-state index in [1.54, 1.807) is 59.8 Å². The molecule has 45 heavy (non-hydrogen) atoms. The summed E-state index contributed by atoms with van der Waals surface area (Å²) in [5.74, 6) is -0.943. The molecule has 0 radical (unpaired) electrons. The zero-order valence-electron chi connectivity index (χ0n) is 25.0. The molecule has 1 unspecified atom stereocenters. The Hall–Kier alpha value is -4.41. The molecule has 0 bridgehead atoms. The number of amides is 2. The Morgan fingerprint density at radius 3 is 2.18 bits per heavy atom. The van der Waals surface area contributed by atoms with Crippen molar-refractivity contribution in [3.63, 3.8) is 0 Å². The number of nitrogens with zero attached hydrogens (tertiary/aromatic N) is 3. The molecule has 0 spiro atoms. The van der Waals surface area contributed by atoms with Crippen molar-refractivity contribution in [3.8, 4) is 0 Å². The van der Waals surface area contributed by atoms with Gasteiger partial charge in [-0.2, -0.15) is 4.31 Å². The van der Waals surface area contributed by atoms with E-state index >= 15 is 0 Å². The topological polar surface area (TPSA) is 99.7 Å². The number of halogens is 1. The normalized spacial score (nSPS) is 14.2. The van der Waals surface area contributed by atoms with Gasteiger partial charge < -0.3 is 10.2 Å². The lowest BCUT2D eigenvalue weighted by Gasteiger charge is -2.31. The Morgan fingerprint density at radius 1 is 0.844 bits per heavy atom. The number of hydrogen-bond acceptors (Lipinski definition) is 5. The molecule has 1 N–H and O–H groups in total. The van der Waals surface area contributed by atoms with Crippen LogP contribution >= 0.6 is 0 Å². The van der Waals surface area contributed by atoms with Gasteiger partial charge >= 0.3 is 0 Å². The summed E-state index contributed by atoms with van der Waals surface area (Å²) in [6, 6.07) is 24.9. The first-order chi connectivity index (χ1) is 21.8. The molecule has 1 fully saturated rings. The number of nitrogens with one attached hydrogen (secondary N) is 1. The van der Waals surface area contributed by atoms with Crippen molar-refractivity contribution in [2.24, 2.45) is 0 Å². The average Bonchev–Trinajstić information content (AvgIpc) is 3.63. The summed E-state index contributed by atoms with van der Waals surface area (Å²) in [6.45, 7) is 1.43. The Labute approximate surface area is 264 Å². The van der Waals surface area contributed by atoms with Gasteiger partial charge in [-0.05, 0) is 71.8 Å². The second-order valence-corrected chi connectivity index (χ2v) is 13.1. The van der Waals surface area contributed by atoms with Crippen LogP contribution in [0, 0.1) is 5.82 Å². The zero-order chi connectivity index (χ0) is 31.6. The molecule has 3 aromatic carbocycles. The standard InChI is InChI=1S/C35H37FN4O4S/c36-31-15-10-29(11-16-31)26-40(33(23-28-7-2-1-3-8-28)35(42)38-25-30-9-6-20-37-24-30)34(41)19-14-27-12-17-32(18-13-27)45(43,44)39-21-4-5-22-39/h1-3,6-13,15-18,20,24,33H,4-5,14,19,21-23,25-26H2,(H,38,42). The maximum absolute atomic E-state index is 14.0. The summed E-state index contributed by atoms with van der Waals surface area (Å²) in [5.41, 5.74) is 3.23. The molecule has 1 aromatic heterocycles. The van der Waals surface area contributed by atoms with Gasteiger partial charge in [-0.15, -0.1) is 0 Å². The van der Waals surface area contributed by atoms with E-state index < -0.39 is 16.1 Å². The molecule has 0 aliphatic carbocycles. The van der Waals surface area contributed by atoms with Crippen molar-refractivity contribution in [1.29, 1.82) is 0 Å². The molecule has 5 rings (SSSR count). The number of carbonyl (C=O) groups excluding carboxylic acids is 2. The van der Waals surface area contributed by atoms with Crippen LogP contribution in [0.5, 0.6) is 0 Å². The van der Waals surface area contributed by atoms with E-state index in [2.05, 4.69) is 10.3 Å². The summed E-state index contributed by atoms with van der Waals surface area (Å²) in [5, 5.41) is 2.97. The number of hydrogen-bond donors (Lipinski definition) is 1. The van der Waals surface area contributed by atoms with Crippen LogP contribution < -0.4 is 5.32 Å². The molecule has 4 aromatic rings. The van der Waals surface area contributed by atoms with Gasteiger partial charge in [-0.3, -0.25) is 14.6 Å². The SMILES string of the molecule is O=C(NCc1cccnc1)C(Cc1ccccc1)N(Cc1ccc(F)cc1)C(=O)CCc1ccc(S(=O)(=O)N2CCCC2)cc1. The largest absolute Gasteiger partial charge is 0.350 e. The number of sulfonamides is 1. The van der Waals surface area contributed by atoms with Crippen LogP contribution in [0.25, 0.3) is 0 Å². The van der Waals surface area contributed by atoms with Gasteiger partial charge in [0.15, 0.2) is 0 Å². The number of aryl methyl sites for hydroxylation is 1. The lowest BCUT2D eigenvalue weighted by molar-refractivity contribution is -0.141. The lowest BCUT2D eigenvalue weighted by Crippen LogP contribution is -2.50. The van der Waals surface area contributed by atoms with E-state index in [1.807, 2.05) is 36.4 Å². The van der Waals surface area contributed by atoms with Crippen LogP contribution in [-0.2, 0) is 45.5 Å². The summed E-state index contributed by atoms with van der Waals surface area (Å²) in [4.78, 5) is 33.7. The summed E-state index contributed by atoms with van der Waals surface area (Å²) in [6.07, 6.45) is 5.80. The minimum atomic E-state index is -3.53. The third-order valence-electron chi connectivity index (χ3n) is 7.98. The Balaban J connectivity index is 1.36. The first-order valence-corrected chi connectivity index (χ1v) is 16.6. The highest BCUT2D eigenvalue weighted by Crippen LogP contribution is 2.22. The Bertz CT molecular complexity index is 1660. The average molecular weight is 629 g/mol. The molecule has 8 nitrogen and oxygen atoms in total. The van der Waals surface area contributed by atoms with Crippen molar-refractivity contribution < 1.29 is 22.4 Å². The summed E-state index contributed by atoms with van der Waals surface area (Å²) in [7, 11) is -3.53. The third kappa shape index (κ3) is 8.61. The second-order valence-electron chi connectivity index (χ2n) is 11.2. The van der Waals surface area contributed by atoms with E-state index in [1.165, 1.54) is 16.4 Å². The van der Waals surface area contributed by atoms with E-state index in [-0.39, 0.29) is 48.5 Å². The number of rotatable bonds is 13. The molecule has 234 valence electrons. The van der Waals surface area contributed by atoms with Crippen molar-refractivity contribution in [2.75, 3.05) is 13.1 Å². The van der Waals surface area contributed by atoms with E-state index in [0.717, 1.165) is 29.5 Å². The second kappa shape index (κ2) is 15.0. The highest BCUT2D eigenvalue weighted by Gasteiger charge is 2.31. The molecule has 2 amide bonds. The van der Waals surface area contributed by atoms with Crippen LogP contribution in [-0.4, -0.2) is 53.6 Å². The Morgan fingerprint density at radius 2 is 1.51 bits per heavy atom. The van der Waals surface area contributed by atoms with Crippen LogP contribution in [0.3, 0.4) is 0 Å². The van der Waals surface area contributed by atoms with Gasteiger partial charge in [0.25, 0.3) is 0 Å². The van der Waals surface area contributed by atoms with Gasteiger partial charge in [0, 0.05) is 51.4 Å². The highest BCUT2D eigenvalue weighted by molar-refractivity contribution is 7.89. The molecule has 10 heteroatoms. The zero-order valence-corrected chi connectivity index (χ0v) is 25.8. The van der Waals surface area contributed by atoms with E-state index in [0.29, 0.717) is 25.1 Å². The van der Waals surface area contributed by atoms with Crippen molar-refractivity contribution in [3.05, 3.63) is 131 Å². The molecule has 1 aliphatic rings. The molecule has 1 saturated heterocycles. The van der Waals surface area contributed by atoms with Gasteiger partial charge in [0.05, 0.1) is 4.90 Å². The van der Waals surface area contributed by atoms with Gasteiger partial charge in [0.1, 0.15) is 11.9 Å². The van der Waals surface area contributed by atoms with Crippen molar-refractivity contribution in [2.45, 2.75) is 56.1 Å². The molecular formula is C35H37FN4O4S. The maximum atomic E-state index is 14.0. The van der Waals surface area contributed by atoms with Crippen LogP contribution in [0.15, 0.2) is 108 Å². The monoisotopic (exact) mass is 628 g/mol. The predicted molar refractivity (Wildman–Crippen MR) is 170 cm³/mol. The lowest BCUT2D eigenvalue weighted by atomic mass is 10.0. The van der Waals surface area contributed by atoms with Crippen LogP contribution in [0.4, 0.5) is 4.39 Å². The smallest absolute Gasteiger partial charge is 0.243 e. The fourth-order valence-electron chi connectivity index (χ4n) is 5.45.